The van der Waals surface area contributed by atoms with Crippen molar-refractivity contribution in [3.05, 3.63) is 29.8 Å². The monoisotopic (exact) mass is 499 g/mol. The molecule has 0 aromatic heterocycles. The van der Waals surface area contributed by atoms with Gasteiger partial charge in [-0.1, -0.05) is 19.1 Å². The van der Waals surface area contributed by atoms with Gasteiger partial charge in [0.15, 0.2) is 5.96 Å². The molecule has 0 spiro atoms. The maximum Gasteiger partial charge on any atom is 0.227 e. The van der Waals surface area contributed by atoms with E-state index in [4.69, 9.17) is 4.99 Å². The van der Waals surface area contributed by atoms with E-state index in [9.17, 15) is 4.79 Å². The molecule has 1 heterocycles. The van der Waals surface area contributed by atoms with E-state index in [1.807, 2.05) is 17.0 Å². The van der Waals surface area contributed by atoms with Gasteiger partial charge < -0.3 is 15.5 Å². The van der Waals surface area contributed by atoms with Crippen molar-refractivity contribution >= 4 is 41.5 Å². The van der Waals surface area contributed by atoms with Gasteiger partial charge in [0.05, 0.1) is 6.54 Å². The highest BCUT2D eigenvalue weighted by Crippen LogP contribution is 2.25. The van der Waals surface area contributed by atoms with Crippen molar-refractivity contribution < 1.29 is 4.79 Å². The second kappa shape index (κ2) is 11.6. The van der Waals surface area contributed by atoms with E-state index >= 15 is 0 Å². The predicted molar refractivity (Wildman–Crippen MR) is 127 cm³/mol. The molecule has 156 valence electrons. The fraction of sp³-hybridized carbons (Fsp3) is 0.619. The van der Waals surface area contributed by atoms with Crippen LogP contribution in [0.15, 0.2) is 29.3 Å². The van der Waals surface area contributed by atoms with Crippen LogP contribution in [0.5, 0.6) is 0 Å². The molecule has 1 aliphatic heterocycles. The van der Waals surface area contributed by atoms with Crippen molar-refractivity contribution in [3.63, 3.8) is 0 Å². The van der Waals surface area contributed by atoms with Gasteiger partial charge in [-0.25, -0.2) is 4.99 Å². The molecular weight excluding hydrogens is 465 g/mol. The summed E-state index contributed by atoms with van der Waals surface area (Å²) in [6.07, 6.45) is 4.32. The molecule has 0 radical (unpaired) electrons. The second-order valence-electron chi connectivity index (χ2n) is 7.30. The highest BCUT2D eigenvalue weighted by Gasteiger charge is 2.27. The Balaban J connectivity index is 0.00000280. The minimum atomic E-state index is 0. The number of hydrogen-bond donors (Lipinski definition) is 2. The molecule has 1 aliphatic carbocycles. The van der Waals surface area contributed by atoms with E-state index in [2.05, 4.69) is 41.5 Å². The van der Waals surface area contributed by atoms with Crippen LogP contribution in [0, 0.1) is 0 Å². The summed E-state index contributed by atoms with van der Waals surface area (Å²) in [7, 11) is 0. The van der Waals surface area contributed by atoms with Crippen molar-refractivity contribution in [2.24, 2.45) is 4.99 Å². The first-order valence-electron chi connectivity index (χ1n) is 10.4. The average molecular weight is 499 g/mol. The molecule has 6 nitrogen and oxygen atoms in total. The van der Waals surface area contributed by atoms with Gasteiger partial charge in [-0.3, -0.25) is 9.69 Å². The lowest BCUT2D eigenvalue weighted by Gasteiger charge is -2.20. The highest BCUT2D eigenvalue weighted by molar-refractivity contribution is 14.0. The molecule has 0 unspecified atom stereocenters. The van der Waals surface area contributed by atoms with Crippen LogP contribution in [0.25, 0.3) is 0 Å². The van der Waals surface area contributed by atoms with Crippen LogP contribution in [0.2, 0.25) is 0 Å². The lowest BCUT2D eigenvalue weighted by Crippen LogP contribution is -2.42. The molecule has 2 N–H and O–H groups in total. The predicted octanol–water partition coefficient (Wildman–Crippen LogP) is 2.97. The number of rotatable bonds is 9. The van der Waals surface area contributed by atoms with Gasteiger partial charge in [0.2, 0.25) is 5.91 Å². The zero-order chi connectivity index (χ0) is 19.1. The fourth-order valence-electron chi connectivity index (χ4n) is 3.57. The molecule has 1 saturated carbocycles. The number of anilines is 1. The van der Waals surface area contributed by atoms with Crippen LogP contribution in [0.3, 0.4) is 0 Å². The maximum atomic E-state index is 11.8. The summed E-state index contributed by atoms with van der Waals surface area (Å²) in [6, 6.07) is 9.00. The highest BCUT2D eigenvalue weighted by atomic mass is 127. The number of aliphatic imine (C=N–C) groups is 1. The third-order valence-electron chi connectivity index (χ3n) is 5.25. The summed E-state index contributed by atoms with van der Waals surface area (Å²) in [5, 5.41) is 6.76. The van der Waals surface area contributed by atoms with Crippen LogP contribution < -0.4 is 15.5 Å². The number of nitrogens with zero attached hydrogens (tertiary/aromatic N) is 3. The largest absolute Gasteiger partial charge is 0.357 e. The van der Waals surface area contributed by atoms with Gasteiger partial charge >= 0.3 is 0 Å². The summed E-state index contributed by atoms with van der Waals surface area (Å²) in [4.78, 5) is 21.0. The Hall–Kier alpha value is -1.35. The van der Waals surface area contributed by atoms with Crippen molar-refractivity contribution in [3.8, 4) is 0 Å². The zero-order valence-corrected chi connectivity index (χ0v) is 19.4. The Morgan fingerprint density at radius 1 is 1.21 bits per heavy atom. The van der Waals surface area contributed by atoms with Gasteiger partial charge in [0.1, 0.15) is 0 Å². The Bertz CT molecular complexity index is 645. The molecule has 1 amide bonds. The van der Waals surface area contributed by atoms with Gasteiger partial charge in [0.25, 0.3) is 0 Å². The molecule has 0 bridgehead atoms. The number of carbonyl (C=O) groups excluding carboxylic acids is 1. The van der Waals surface area contributed by atoms with Gasteiger partial charge in [-0.15, -0.1) is 24.0 Å². The van der Waals surface area contributed by atoms with Crippen LogP contribution in [0.1, 0.15) is 45.1 Å². The number of hydrogen-bond acceptors (Lipinski definition) is 3. The quantitative estimate of drug-likeness (QED) is 0.312. The minimum absolute atomic E-state index is 0. The number of nitrogens with one attached hydrogen (secondary N) is 2. The van der Waals surface area contributed by atoms with E-state index < -0.39 is 0 Å². The first kappa shape index (κ1) is 22.9. The van der Waals surface area contributed by atoms with E-state index in [1.54, 1.807) is 0 Å². The number of benzene rings is 1. The molecule has 3 rings (SSSR count). The SMILES string of the molecule is CCNC(=NCc1ccc(N2CCCC2=O)cc1)NCCN(CC)C1CC1.I. The minimum Gasteiger partial charge on any atom is -0.357 e. The molecule has 7 heteroatoms. The van der Waals surface area contributed by atoms with Gasteiger partial charge in [-0.2, -0.15) is 0 Å². The Morgan fingerprint density at radius 2 is 1.96 bits per heavy atom. The first-order chi connectivity index (χ1) is 13.2. The number of guanidine groups is 1. The third-order valence-corrected chi connectivity index (χ3v) is 5.25. The van der Waals surface area contributed by atoms with E-state index in [-0.39, 0.29) is 29.9 Å². The standard InChI is InChI=1S/C21H33N5O.HI/c1-3-22-21(23-13-15-25(4-2)18-11-12-18)24-16-17-7-9-19(10-8-17)26-14-5-6-20(26)27;/h7-10,18H,3-6,11-16H2,1-2H3,(H2,22,23,24);1H. The van der Waals surface area contributed by atoms with Crippen molar-refractivity contribution in [1.82, 2.24) is 15.5 Å². The van der Waals surface area contributed by atoms with Crippen molar-refractivity contribution in [1.29, 1.82) is 0 Å². The van der Waals surface area contributed by atoms with Gasteiger partial charge in [0, 0.05) is 44.3 Å². The van der Waals surface area contributed by atoms with Crippen LogP contribution in [-0.2, 0) is 11.3 Å². The Labute approximate surface area is 186 Å². The molecule has 0 atom stereocenters. The van der Waals surface area contributed by atoms with E-state index in [0.717, 1.165) is 62.4 Å². The van der Waals surface area contributed by atoms with Crippen LogP contribution >= 0.6 is 24.0 Å². The fourth-order valence-corrected chi connectivity index (χ4v) is 3.57. The zero-order valence-electron chi connectivity index (χ0n) is 17.1. The van der Waals surface area contributed by atoms with Crippen LogP contribution in [0.4, 0.5) is 5.69 Å². The molecule has 1 aromatic rings. The lowest BCUT2D eigenvalue weighted by molar-refractivity contribution is -0.117. The van der Waals surface area contributed by atoms with Crippen molar-refractivity contribution in [2.75, 3.05) is 37.6 Å². The third kappa shape index (κ3) is 6.62. The second-order valence-corrected chi connectivity index (χ2v) is 7.30. The van der Waals surface area contributed by atoms with Crippen molar-refractivity contribution in [2.45, 2.75) is 52.1 Å². The molecule has 1 saturated heterocycles. The maximum absolute atomic E-state index is 11.8. The summed E-state index contributed by atoms with van der Waals surface area (Å²) < 4.78 is 0. The summed E-state index contributed by atoms with van der Waals surface area (Å²) in [5.74, 6) is 1.09. The van der Waals surface area contributed by atoms with Gasteiger partial charge in [-0.05, 0) is 50.4 Å². The lowest BCUT2D eigenvalue weighted by atomic mass is 10.2. The number of halogens is 1. The number of likely N-dealkylation sites (N-methyl/N-ethyl adjacent to an activating group) is 1. The number of carbonyl (C=O) groups is 1. The Morgan fingerprint density at radius 3 is 2.54 bits per heavy atom. The molecule has 1 aromatic carbocycles. The summed E-state index contributed by atoms with van der Waals surface area (Å²) >= 11 is 0. The summed E-state index contributed by atoms with van der Waals surface area (Å²) in [5.41, 5.74) is 2.14. The average Bonchev–Trinajstić information content (AvgIpc) is 3.44. The molecule has 2 fully saturated rings. The Kier molecular flexibility index (Phi) is 9.50. The molecular formula is C21H34IN5O. The summed E-state index contributed by atoms with van der Waals surface area (Å²) in [6.45, 7) is 9.72. The van der Waals surface area contributed by atoms with E-state index in [0.29, 0.717) is 13.0 Å². The topological polar surface area (TPSA) is 60.0 Å². The molecule has 28 heavy (non-hydrogen) atoms. The smallest absolute Gasteiger partial charge is 0.227 e. The van der Waals surface area contributed by atoms with Crippen LogP contribution in [-0.4, -0.2) is 55.5 Å². The normalized spacial score (nSPS) is 17.0. The molecule has 2 aliphatic rings. The number of amides is 1. The first-order valence-corrected chi connectivity index (χ1v) is 10.4. The van der Waals surface area contributed by atoms with E-state index in [1.165, 1.54) is 12.8 Å².